The van der Waals surface area contributed by atoms with Crippen LogP contribution in [0.5, 0.6) is 0 Å². The fourth-order valence-corrected chi connectivity index (χ4v) is 1.76. The van der Waals surface area contributed by atoms with E-state index in [2.05, 4.69) is 22.0 Å². The van der Waals surface area contributed by atoms with Crippen LogP contribution in [-0.2, 0) is 20.1 Å². The number of pyridine rings is 1. The average molecular weight is 231 g/mol. The Morgan fingerprint density at radius 2 is 2.00 bits per heavy atom. The molecule has 0 unspecified atom stereocenters. The van der Waals surface area contributed by atoms with E-state index in [0.717, 1.165) is 18.7 Å². The van der Waals surface area contributed by atoms with Crippen LogP contribution in [0, 0.1) is 0 Å². The number of aryl methyl sites for hydroxylation is 1. The summed E-state index contributed by atoms with van der Waals surface area (Å²) in [5.41, 5.74) is 7.91. The molecule has 0 bridgehead atoms. The minimum absolute atomic E-state index is 0.559. The van der Waals surface area contributed by atoms with Gasteiger partial charge in [0.25, 0.3) is 0 Å². The predicted octanol–water partition coefficient (Wildman–Crippen LogP) is 1.03. The molecule has 0 aromatic carbocycles. The molecule has 5 heteroatoms. The van der Waals surface area contributed by atoms with Gasteiger partial charge in [-0.1, -0.05) is 6.07 Å². The van der Waals surface area contributed by atoms with Crippen LogP contribution in [-0.4, -0.2) is 26.7 Å². The minimum atomic E-state index is 0.559. The van der Waals surface area contributed by atoms with E-state index in [-0.39, 0.29) is 0 Å². The zero-order valence-electron chi connectivity index (χ0n) is 10.2. The van der Waals surface area contributed by atoms with Crippen LogP contribution in [0.2, 0.25) is 0 Å². The highest BCUT2D eigenvalue weighted by Crippen LogP contribution is 2.07. The van der Waals surface area contributed by atoms with Crippen molar-refractivity contribution in [3.8, 4) is 0 Å². The van der Waals surface area contributed by atoms with Gasteiger partial charge in [-0.15, -0.1) is 0 Å². The van der Waals surface area contributed by atoms with Gasteiger partial charge in [0.15, 0.2) is 0 Å². The molecular weight excluding hydrogens is 214 g/mol. The third-order valence-corrected chi connectivity index (χ3v) is 2.51. The van der Waals surface area contributed by atoms with Gasteiger partial charge in [0, 0.05) is 38.1 Å². The summed E-state index contributed by atoms with van der Waals surface area (Å²) in [6.07, 6.45) is 5.73. The van der Waals surface area contributed by atoms with Gasteiger partial charge < -0.3 is 5.73 Å². The summed E-state index contributed by atoms with van der Waals surface area (Å²) < 4.78 is 1.81. The second-order valence-electron chi connectivity index (χ2n) is 4.29. The molecule has 2 N–H and O–H groups in total. The fraction of sp³-hybridized carbons (Fsp3) is 0.333. The van der Waals surface area contributed by atoms with E-state index in [9.17, 15) is 0 Å². The molecule has 0 saturated carbocycles. The van der Waals surface area contributed by atoms with Crippen LogP contribution >= 0.6 is 0 Å². The Morgan fingerprint density at radius 3 is 2.59 bits per heavy atom. The van der Waals surface area contributed by atoms with Gasteiger partial charge >= 0.3 is 0 Å². The number of aromatic nitrogens is 3. The Balaban J connectivity index is 1.93. The highest BCUT2D eigenvalue weighted by Gasteiger charge is 2.03. The van der Waals surface area contributed by atoms with Crippen molar-refractivity contribution in [2.45, 2.75) is 13.1 Å². The maximum absolute atomic E-state index is 5.55. The predicted molar refractivity (Wildman–Crippen MR) is 67.0 cm³/mol. The number of anilines is 1. The molecule has 2 heterocycles. The van der Waals surface area contributed by atoms with Crippen molar-refractivity contribution in [2.24, 2.45) is 7.05 Å². The summed E-state index contributed by atoms with van der Waals surface area (Å²) in [6, 6.07) is 3.83. The third-order valence-electron chi connectivity index (χ3n) is 2.51. The smallest absolute Gasteiger partial charge is 0.123 e. The topological polar surface area (TPSA) is 60.0 Å². The highest BCUT2D eigenvalue weighted by atomic mass is 15.2. The van der Waals surface area contributed by atoms with Gasteiger partial charge in [0.2, 0.25) is 0 Å². The summed E-state index contributed by atoms with van der Waals surface area (Å²) in [6.45, 7) is 1.72. The maximum Gasteiger partial charge on any atom is 0.123 e. The molecule has 0 fully saturated rings. The lowest BCUT2D eigenvalue weighted by Gasteiger charge is -2.15. The zero-order valence-corrected chi connectivity index (χ0v) is 10.2. The molecule has 2 rings (SSSR count). The molecule has 0 atom stereocenters. The van der Waals surface area contributed by atoms with Crippen LogP contribution in [0.3, 0.4) is 0 Å². The molecule has 0 radical (unpaired) electrons. The first kappa shape index (κ1) is 11.6. The summed E-state index contributed by atoms with van der Waals surface area (Å²) in [7, 11) is 4.00. The number of nitrogen functional groups attached to an aromatic ring is 1. The van der Waals surface area contributed by atoms with E-state index in [0.29, 0.717) is 5.82 Å². The van der Waals surface area contributed by atoms with E-state index in [1.54, 1.807) is 0 Å². The molecule has 0 saturated heterocycles. The second-order valence-corrected chi connectivity index (χ2v) is 4.29. The van der Waals surface area contributed by atoms with E-state index in [1.807, 2.05) is 42.5 Å². The number of nitrogens with two attached hydrogens (primary N) is 1. The van der Waals surface area contributed by atoms with Crippen molar-refractivity contribution in [2.75, 3.05) is 12.8 Å². The lowest BCUT2D eigenvalue weighted by molar-refractivity contribution is 0.318. The minimum Gasteiger partial charge on any atom is -0.384 e. The molecule has 5 nitrogen and oxygen atoms in total. The Morgan fingerprint density at radius 1 is 1.24 bits per heavy atom. The maximum atomic E-state index is 5.55. The van der Waals surface area contributed by atoms with Crippen LogP contribution in [0.15, 0.2) is 30.7 Å². The number of hydrogen-bond acceptors (Lipinski definition) is 4. The average Bonchev–Trinajstić information content (AvgIpc) is 2.67. The number of nitrogens with zero attached hydrogens (tertiary/aromatic N) is 4. The molecular formula is C12H17N5. The first-order valence-corrected chi connectivity index (χ1v) is 5.50. The van der Waals surface area contributed by atoms with Crippen molar-refractivity contribution in [3.05, 3.63) is 41.9 Å². The van der Waals surface area contributed by atoms with Gasteiger partial charge in [0.05, 0.1) is 6.20 Å². The SMILES string of the molecule is CN(Cc1ccc(N)nc1)Cc1cnn(C)c1. The largest absolute Gasteiger partial charge is 0.384 e. The highest BCUT2D eigenvalue weighted by molar-refractivity contribution is 5.29. The Kier molecular flexibility index (Phi) is 3.39. The summed E-state index contributed by atoms with van der Waals surface area (Å²) in [5, 5.41) is 4.15. The van der Waals surface area contributed by atoms with Crippen LogP contribution in [0.1, 0.15) is 11.1 Å². The van der Waals surface area contributed by atoms with E-state index in [4.69, 9.17) is 5.73 Å². The summed E-state index contributed by atoms with van der Waals surface area (Å²) >= 11 is 0. The van der Waals surface area contributed by atoms with Crippen molar-refractivity contribution >= 4 is 5.82 Å². The van der Waals surface area contributed by atoms with Gasteiger partial charge in [-0.05, 0) is 18.7 Å². The van der Waals surface area contributed by atoms with E-state index in [1.165, 1.54) is 5.56 Å². The lowest BCUT2D eigenvalue weighted by Crippen LogP contribution is -2.17. The van der Waals surface area contributed by atoms with E-state index >= 15 is 0 Å². The molecule has 17 heavy (non-hydrogen) atoms. The third kappa shape index (κ3) is 3.29. The van der Waals surface area contributed by atoms with Crippen molar-refractivity contribution < 1.29 is 0 Å². The monoisotopic (exact) mass is 231 g/mol. The van der Waals surface area contributed by atoms with Crippen molar-refractivity contribution in [3.63, 3.8) is 0 Å². The van der Waals surface area contributed by atoms with Crippen LogP contribution in [0.4, 0.5) is 5.82 Å². The van der Waals surface area contributed by atoms with Crippen molar-refractivity contribution in [1.82, 2.24) is 19.7 Å². The van der Waals surface area contributed by atoms with Crippen LogP contribution in [0.25, 0.3) is 0 Å². The lowest BCUT2D eigenvalue weighted by atomic mass is 10.2. The summed E-state index contributed by atoms with van der Waals surface area (Å²) in [5.74, 6) is 0.559. The first-order valence-electron chi connectivity index (χ1n) is 5.50. The quantitative estimate of drug-likeness (QED) is 0.853. The number of rotatable bonds is 4. The second kappa shape index (κ2) is 4.97. The molecule has 0 aliphatic rings. The molecule has 90 valence electrons. The Hall–Kier alpha value is -1.88. The Labute approximate surface area is 101 Å². The molecule has 2 aromatic heterocycles. The standard InChI is InChI=1S/C12H17N5/c1-16(8-11-6-15-17(2)9-11)7-10-3-4-12(13)14-5-10/h3-6,9H,7-8H2,1-2H3,(H2,13,14). The van der Waals surface area contributed by atoms with Gasteiger partial charge in [-0.3, -0.25) is 9.58 Å². The molecule has 0 aliphatic carbocycles. The molecule has 2 aromatic rings. The van der Waals surface area contributed by atoms with Gasteiger partial charge in [-0.2, -0.15) is 5.10 Å². The normalized spacial score (nSPS) is 11.0. The van der Waals surface area contributed by atoms with E-state index < -0.39 is 0 Å². The van der Waals surface area contributed by atoms with Crippen molar-refractivity contribution in [1.29, 1.82) is 0 Å². The van der Waals surface area contributed by atoms with Crippen LogP contribution < -0.4 is 5.73 Å². The zero-order chi connectivity index (χ0) is 12.3. The number of hydrogen-bond donors (Lipinski definition) is 1. The molecule has 0 aliphatic heterocycles. The van der Waals surface area contributed by atoms with Gasteiger partial charge in [0.1, 0.15) is 5.82 Å². The fourth-order valence-electron chi connectivity index (χ4n) is 1.76. The molecule has 0 spiro atoms. The first-order chi connectivity index (χ1) is 8.13. The molecule has 0 amide bonds. The van der Waals surface area contributed by atoms with Gasteiger partial charge in [-0.25, -0.2) is 4.98 Å². The Bertz CT molecular complexity index is 474. The summed E-state index contributed by atoms with van der Waals surface area (Å²) in [4.78, 5) is 6.29.